The first-order valence-corrected chi connectivity index (χ1v) is 28.3. The smallest absolute Gasteiger partial charge is 0.306 e. The summed E-state index contributed by atoms with van der Waals surface area (Å²) in [4.78, 5) is 38.1. The van der Waals surface area contributed by atoms with Gasteiger partial charge in [-0.15, -0.1) is 0 Å². The van der Waals surface area contributed by atoms with E-state index in [1.165, 1.54) is 141 Å². The molecule has 1 unspecified atom stereocenters. The van der Waals surface area contributed by atoms with Crippen LogP contribution in [0.1, 0.15) is 284 Å². The van der Waals surface area contributed by atoms with Gasteiger partial charge in [0, 0.05) is 19.3 Å². The van der Waals surface area contributed by atoms with Crippen molar-refractivity contribution in [1.82, 2.24) is 0 Å². The van der Waals surface area contributed by atoms with Crippen molar-refractivity contribution in [2.45, 2.75) is 290 Å². The normalized spacial score (nSPS) is 12.5. The predicted molar refractivity (Wildman–Crippen MR) is 284 cm³/mol. The van der Waals surface area contributed by atoms with Crippen LogP contribution in [0, 0.1) is 0 Å². The SMILES string of the molecule is CCC/C=C\C/C=C\CCCCCCCC(=O)OCC(COC(=O)CCCCCCCC/C=C\C/C=C\C/C=C\CCCCCCC)OC(=O)CCCCCCCCCCCCCCCC. The van der Waals surface area contributed by atoms with E-state index in [2.05, 4.69) is 81.5 Å². The Bertz CT molecular complexity index is 1200. The highest BCUT2D eigenvalue weighted by Crippen LogP contribution is 2.15. The second kappa shape index (κ2) is 54.7. The molecule has 66 heavy (non-hydrogen) atoms. The van der Waals surface area contributed by atoms with Gasteiger partial charge in [-0.3, -0.25) is 14.4 Å². The fourth-order valence-corrected chi connectivity index (χ4v) is 7.96. The Kier molecular flexibility index (Phi) is 52.3. The van der Waals surface area contributed by atoms with Gasteiger partial charge in [-0.1, -0.05) is 242 Å². The standard InChI is InChI=1S/C60H106O6/c1-4-7-10-13-16-19-22-25-27-28-29-30-31-32-33-36-38-41-44-47-50-53-59(62)65-56-57(55-64-58(61)52-49-46-43-40-37-34-24-21-18-15-12-9-6-3)66-60(63)54-51-48-45-42-39-35-26-23-20-17-14-11-8-5-2/h12,15,21-22,24-25,28-29,31-32,57H,4-11,13-14,16-20,23,26-27,30,33-56H2,1-3H3/b15-12-,24-21-,25-22-,29-28-,32-31-. The zero-order valence-electron chi connectivity index (χ0n) is 43.7. The number of ether oxygens (including phenoxy) is 3. The third kappa shape index (κ3) is 52.1. The summed E-state index contributed by atoms with van der Waals surface area (Å²) in [5.41, 5.74) is 0. The molecule has 0 aromatic rings. The van der Waals surface area contributed by atoms with Crippen molar-refractivity contribution < 1.29 is 28.6 Å². The van der Waals surface area contributed by atoms with Crippen LogP contribution in [-0.2, 0) is 28.6 Å². The molecule has 6 nitrogen and oxygen atoms in total. The molecule has 0 spiro atoms. The molecule has 0 aliphatic heterocycles. The number of esters is 3. The highest BCUT2D eigenvalue weighted by atomic mass is 16.6. The van der Waals surface area contributed by atoms with E-state index >= 15 is 0 Å². The van der Waals surface area contributed by atoms with E-state index in [0.717, 1.165) is 103 Å². The number of allylic oxidation sites excluding steroid dienone is 10. The first-order chi connectivity index (χ1) is 32.5. The van der Waals surface area contributed by atoms with E-state index in [0.29, 0.717) is 19.3 Å². The molecule has 0 amide bonds. The Balaban J connectivity index is 4.36. The summed E-state index contributed by atoms with van der Waals surface area (Å²) in [7, 11) is 0. The van der Waals surface area contributed by atoms with Gasteiger partial charge in [0.05, 0.1) is 0 Å². The second-order valence-corrected chi connectivity index (χ2v) is 18.8. The minimum Gasteiger partial charge on any atom is -0.462 e. The molecule has 0 saturated heterocycles. The topological polar surface area (TPSA) is 78.9 Å². The van der Waals surface area contributed by atoms with E-state index in [9.17, 15) is 14.4 Å². The lowest BCUT2D eigenvalue weighted by Crippen LogP contribution is -2.30. The third-order valence-corrected chi connectivity index (χ3v) is 12.2. The molecular formula is C60H106O6. The van der Waals surface area contributed by atoms with Gasteiger partial charge >= 0.3 is 17.9 Å². The molecule has 0 N–H and O–H groups in total. The van der Waals surface area contributed by atoms with Crippen LogP contribution in [0.15, 0.2) is 60.8 Å². The monoisotopic (exact) mass is 923 g/mol. The quantitative estimate of drug-likeness (QED) is 0.0262. The van der Waals surface area contributed by atoms with Gasteiger partial charge in [0.2, 0.25) is 0 Å². The number of carbonyl (C=O) groups is 3. The van der Waals surface area contributed by atoms with E-state index in [1.54, 1.807) is 0 Å². The largest absolute Gasteiger partial charge is 0.462 e. The Labute approximate surface area is 409 Å². The number of carbonyl (C=O) groups excluding carboxylic acids is 3. The summed E-state index contributed by atoms with van der Waals surface area (Å²) in [5, 5.41) is 0. The van der Waals surface area contributed by atoms with E-state index in [1.807, 2.05) is 0 Å². The van der Waals surface area contributed by atoms with Crippen molar-refractivity contribution >= 4 is 17.9 Å². The maximum Gasteiger partial charge on any atom is 0.306 e. The van der Waals surface area contributed by atoms with Crippen LogP contribution < -0.4 is 0 Å². The van der Waals surface area contributed by atoms with Crippen LogP contribution in [0.25, 0.3) is 0 Å². The van der Waals surface area contributed by atoms with Crippen LogP contribution in [0.5, 0.6) is 0 Å². The zero-order valence-corrected chi connectivity index (χ0v) is 43.7. The molecule has 0 bridgehead atoms. The van der Waals surface area contributed by atoms with Crippen molar-refractivity contribution in [2.24, 2.45) is 0 Å². The van der Waals surface area contributed by atoms with Crippen LogP contribution in [0.3, 0.4) is 0 Å². The average Bonchev–Trinajstić information content (AvgIpc) is 3.31. The van der Waals surface area contributed by atoms with Gasteiger partial charge in [-0.05, 0) is 83.5 Å². The molecule has 0 rings (SSSR count). The highest BCUT2D eigenvalue weighted by molar-refractivity contribution is 5.71. The molecule has 0 fully saturated rings. The third-order valence-electron chi connectivity index (χ3n) is 12.2. The lowest BCUT2D eigenvalue weighted by molar-refractivity contribution is -0.167. The van der Waals surface area contributed by atoms with Crippen molar-refractivity contribution in [3.8, 4) is 0 Å². The zero-order chi connectivity index (χ0) is 47.9. The summed E-state index contributed by atoms with van der Waals surface area (Å²) in [6.45, 7) is 6.56. The van der Waals surface area contributed by atoms with Gasteiger partial charge in [-0.2, -0.15) is 0 Å². The Morgan fingerprint density at radius 2 is 0.576 bits per heavy atom. The van der Waals surface area contributed by atoms with Crippen molar-refractivity contribution in [1.29, 1.82) is 0 Å². The Hall–Kier alpha value is -2.89. The Morgan fingerprint density at radius 1 is 0.303 bits per heavy atom. The van der Waals surface area contributed by atoms with E-state index in [-0.39, 0.29) is 31.1 Å². The number of hydrogen-bond donors (Lipinski definition) is 0. The Morgan fingerprint density at radius 3 is 0.909 bits per heavy atom. The molecule has 1 atom stereocenters. The maximum absolute atomic E-state index is 12.8. The summed E-state index contributed by atoms with van der Waals surface area (Å²) in [6, 6.07) is 0. The predicted octanol–water partition coefficient (Wildman–Crippen LogP) is 18.8. The highest BCUT2D eigenvalue weighted by Gasteiger charge is 2.19. The lowest BCUT2D eigenvalue weighted by Gasteiger charge is -2.18. The molecule has 0 aromatic carbocycles. The van der Waals surface area contributed by atoms with Crippen LogP contribution >= 0.6 is 0 Å². The first-order valence-electron chi connectivity index (χ1n) is 28.3. The van der Waals surface area contributed by atoms with E-state index < -0.39 is 6.10 Å². The number of hydrogen-bond acceptors (Lipinski definition) is 6. The number of rotatable bonds is 51. The average molecular weight is 924 g/mol. The van der Waals surface area contributed by atoms with Crippen molar-refractivity contribution in [2.75, 3.05) is 13.2 Å². The molecule has 6 heteroatoms. The fourth-order valence-electron chi connectivity index (χ4n) is 7.96. The summed E-state index contributed by atoms with van der Waals surface area (Å²) in [6.07, 6.45) is 67.8. The molecule has 382 valence electrons. The van der Waals surface area contributed by atoms with E-state index in [4.69, 9.17) is 14.2 Å². The summed E-state index contributed by atoms with van der Waals surface area (Å²) in [5.74, 6) is -0.899. The van der Waals surface area contributed by atoms with Gasteiger partial charge < -0.3 is 14.2 Å². The summed E-state index contributed by atoms with van der Waals surface area (Å²) < 4.78 is 16.8. The van der Waals surface area contributed by atoms with Gasteiger partial charge in [0.25, 0.3) is 0 Å². The van der Waals surface area contributed by atoms with Crippen molar-refractivity contribution in [3.63, 3.8) is 0 Å². The van der Waals surface area contributed by atoms with Crippen LogP contribution in [0.4, 0.5) is 0 Å². The van der Waals surface area contributed by atoms with Gasteiger partial charge in [0.15, 0.2) is 6.10 Å². The molecule has 0 heterocycles. The van der Waals surface area contributed by atoms with Gasteiger partial charge in [-0.25, -0.2) is 0 Å². The molecule has 0 saturated carbocycles. The molecule has 0 radical (unpaired) electrons. The fraction of sp³-hybridized carbons (Fsp3) is 0.783. The molecule has 0 aliphatic carbocycles. The molecular weight excluding hydrogens is 817 g/mol. The second-order valence-electron chi connectivity index (χ2n) is 18.8. The lowest BCUT2D eigenvalue weighted by atomic mass is 10.0. The summed E-state index contributed by atoms with van der Waals surface area (Å²) >= 11 is 0. The minimum atomic E-state index is -0.783. The first kappa shape index (κ1) is 63.1. The van der Waals surface area contributed by atoms with Crippen molar-refractivity contribution in [3.05, 3.63) is 60.8 Å². The van der Waals surface area contributed by atoms with Gasteiger partial charge in [0.1, 0.15) is 13.2 Å². The van der Waals surface area contributed by atoms with Crippen LogP contribution in [-0.4, -0.2) is 37.2 Å². The van der Waals surface area contributed by atoms with Crippen LogP contribution in [0.2, 0.25) is 0 Å². The molecule has 0 aromatic heterocycles. The number of unbranched alkanes of at least 4 members (excludes halogenated alkanes) is 30. The minimum absolute atomic E-state index is 0.0837. The maximum atomic E-state index is 12.8. The molecule has 0 aliphatic rings.